The first-order chi connectivity index (χ1) is 8.13. The first-order valence-electron chi connectivity index (χ1n) is 5.65. The van der Waals surface area contributed by atoms with Crippen molar-refractivity contribution in [2.45, 2.75) is 25.3 Å². The number of hydrogen-bond donors (Lipinski definition) is 2. The molecule has 0 aliphatic heterocycles. The number of hydrogen-bond acceptors (Lipinski definition) is 1. The summed E-state index contributed by atoms with van der Waals surface area (Å²) in [5, 5.41) is 3.04. The molecule has 1 aromatic carbocycles. The zero-order valence-electron chi connectivity index (χ0n) is 9.83. The van der Waals surface area contributed by atoms with Gasteiger partial charge in [0.05, 0.1) is 0 Å². The van der Waals surface area contributed by atoms with Crippen LogP contribution in [-0.2, 0) is 6.42 Å². The van der Waals surface area contributed by atoms with E-state index in [1.165, 1.54) is 12.1 Å². The van der Waals surface area contributed by atoms with E-state index in [1.807, 2.05) is 0 Å². The molecular formula is C12H16F2IN3. The normalized spacial score (nSPS) is 15.1. The number of aliphatic imine (C=N–C) groups is 1. The van der Waals surface area contributed by atoms with Gasteiger partial charge in [-0.05, 0) is 37.0 Å². The summed E-state index contributed by atoms with van der Waals surface area (Å²) in [5.41, 5.74) is 6.22. The van der Waals surface area contributed by atoms with Crippen LogP contribution in [0, 0.1) is 11.6 Å². The second-order valence-corrected chi connectivity index (χ2v) is 4.21. The van der Waals surface area contributed by atoms with Crippen molar-refractivity contribution in [1.29, 1.82) is 0 Å². The predicted octanol–water partition coefficient (Wildman–Crippen LogP) is 2.19. The van der Waals surface area contributed by atoms with Gasteiger partial charge >= 0.3 is 0 Å². The molecule has 6 heteroatoms. The summed E-state index contributed by atoms with van der Waals surface area (Å²) in [4.78, 5) is 4.10. The van der Waals surface area contributed by atoms with E-state index >= 15 is 0 Å². The van der Waals surface area contributed by atoms with E-state index in [0.29, 0.717) is 30.5 Å². The minimum Gasteiger partial charge on any atom is -0.370 e. The minimum absolute atomic E-state index is 0. The largest absolute Gasteiger partial charge is 0.370 e. The van der Waals surface area contributed by atoms with Crippen molar-refractivity contribution < 1.29 is 8.78 Å². The first kappa shape index (κ1) is 15.1. The van der Waals surface area contributed by atoms with E-state index in [0.717, 1.165) is 18.9 Å². The zero-order valence-corrected chi connectivity index (χ0v) is 12.2. The number of nitrogens with two attached hydrogens (primary N) is 1. The lowest BCUT2D eigenvalue weighted by Gasteiger charge is -2.03. The lowest BCUT2D eigenvalue weighted by molar-refractivity contribution is 0.579. The quantitative estimate of drug-likeness (QED) is 0.487. The molecule has 0 saturated heterocycles. The van der Waals surface area contributed by atoms with Crippen molar-refractivity contribution in [3.63, 3.8) is 0 Å². The highest BCUT2D eigenvalue weighted by Gasteiger charge is 2.21. The Bertz CT molecular complexity index is 413. The molecule has 3 N–H and O–H groups in total. The summed E-state index contributed by atoms with van der Waals surface area (Å²) in [6, 6.07) is 3.94. The maximum Gasteiger partial charge on any atom is 0.188 e. The smallest absolute Gasteiger partial charge is 0.188 e. The van der Waals surface area contributed by atoms with Crippen LogP contribution in [0.4, 0.5) is 8.78 Å². The standard InChI is InChI=1S/C12H15F2N3.HI/c13-9-5-8(6-10(14)7-9)3-4-16-12(15)17-11-1-2-11;/h5-7,11H,1-4H2,(H3,15,16,17);1H. The van der Waals surface area contributed by atoms with E-state index in [9.17, 15) is 8.78 Å². The molecule has 100 valence electrons. The summed E-state index contributed by atoms with van der Waals surface area (Å²) >= 11 is 0. The summed E-state index contributed by atoms with van der Waals surface area (Å²) < 4.78 is 25.8. The van der Waals surface area contributed by atoms with Crippen molar-refractivity contribution in [2.24, 2.45) is 10.7 Å². The molecule has 0 heterocycles. The molecule has 0 radical (unpaired) electrons. The lowest BCUT2D eigenvalue weighted by Crippen LogP contribution is -2.33. The van der Waals surface area contributed by atoms with Crippen LogP contribution in [0.2, 0.25) is 0 Å². The third-order valence-electron chi connectivity index (χ3n) is 2.53. The Morgan fingerprint density at radius 2 is 1.89 bits per heavy atom. The van der Waals surface area contributed by atoms with Crippen molar-refractivity contribution in [1.82, 2.24) is 5.32 Å². The molecule has 1 aromatic rings. The molecule has 3 nitrogen and oxygen atoms in total. The summed E-state index contributed by atoms with van der Waals surface area (Å²) in [6.07, 6.45) is 2.73. The number of rotatable bonds is 4. The fourth-order valence-corrected chi connectivity index (χ4v) is 1.54. The van der Waals surface area contributed by atoms with Crippen LogP contribution in [0.5, 0.6) is 0 Å². The second-order valence-electron chi connectivity index (χ2n) is 4.21. The third kappa shape index (κ3) is 5.16. The highest BCUT2D eigenvalue weighted by molar-refractivity contribution is 14.0. The summed E-state index contributed by atoms with van der Waals surface area (Å²) in [7, 11) is 0. The fraction of sp³-hybridized carbons (Fsp3) is 0.417. The van der Waals surface area contributed by atoms with Crippen molar-refractivity contribution in [3.8, 4) is 0 Å². The Balaban J connectivity index is 0.00000162. The Morgan fingerprint density at radius 1 is 1.28 bits per heavy atom. The molecule has 1 saturated carbocycles. The van der Waals surface area contributed by atoms with E-state index in [-0.39, 0.29) is 24.0 Å². The van der Waals surface area contributed by atoms with Crippen molar-refractivity contribution >= 4 is 29.9 Å². The first-order valence-corrected chi connectivity index (χ1v) is 5.65. The van der Waals surface area contributed by atoms with Gasteiger partial charge in [-0.15, -0.1) is 24.0 Å². The van der Waals surface area contributed by atoms with E-state index in [4.69, 9.17) is 5.73 Å². The van der Waals surface area contributed by atoms with E-state index in [2.05, 4.69) is 10.3 Å². The predicted molar refractivity (Wildman–Crippen MR) is 78.1 cm³/mol. The van der Waals surface area contributed by atoms with Gasteiger partial charge in [-0.25, -0.2) is 8.78 Å². The Morgan fingerprint density at radius 3 is 2.44 bits per heavy atom. The van der Waals surface area contributed by atoms with Gasteiger partial charge in [0.25, 0.3) is 0 Å². The molecule has 0 spiro atoms. The zero-order chi connectivity index (χ0) is 12.3. The highest BCUT2D eigenvalue weighted by Crippen LogP contribution is 2.18. The SMILES string of the molecule is I.NC(=NCCc1cc(F)cc(F)c1)NC1CC1. The molecule has 18 heavy (non-hydrogen) atoms. The molecule has 1 fully saturated rings. The number of halogens is 3. The number of nitrogens with zero attached hydrogens (tertiary/aromatic N) is 1. The van der Waals surface area contributed by atoms with Gasteiger partial charge in [0.15, 0.2) is 5.96 Å². The van der Waals surface area contributed by atoms with Crippen LogP contribution in [0.3, 0.4) is 0 Å². The molecule has 1 aliphatic carbocycles. The van der Waals surface area contributed by atoms with Gasteiger partial charge in [-0.3, -0.25) is 4.99 Å². The minimum atomic E-state index is -0.562. The molecule has 0 amide bonds. The molecule has 2 rings (SSSR count). The van der Waals surface area contributed by atoms with Gasteiger partial charge in [0, 0.05) is 18.7 Å². The lowest BCUT2D eigenvalue weighted by atomic mass is 10.1. The third-order valence-corrected chi connectivity index (χ3v) is 2.53. The number of guanidine groups is 1. The molecule has 0 atom stereocenters. The average molecular weight is 367 g/mol. The molecular weight excluding hydrogens is 351 g/mol. The van der Waals surface area contributed by atoms with Gasteiger partial charge in [0.2, 0.25) is 0 Å². The highest BCUT2D eigenvalue weighted by atomic mass is 127. The van der Waals surface area contributed by atoms with E-state index in [1.54, 1.807) is 0 Å². The average Bonchev–Trinajstić information content (AvgIpc) is 3.00. The van der Waals surface area contributed by atoms with Crippen LogP contribution in [-0.4, -0.2) is 18.5 Å². The topological polar surface area (TPSA) is 50.4 Å². The molecule has 1 aliphatic rings. The molecule has 0 unspecified atom stereocenters. The van der Waals surface area contributed by atoms with Crippen molar-refractivity contribution in [3.05, 3.63) is 35.4 Å². The van der Waals surface area contributed by atoms with Crippen LogP contribution >= 0.6 is 24.0 Å². The van der Waals surface area contributed by atoms with Crippen molar-refractivity contribution in [2.75, 3.05) is 6.54 Å². The van der Waals surface area contributed by atoms with Crippen LogP contribution in [0.1, 0.15) is 18.4 Å². The maximum atomic E-state index is 12.9. The summed E-state index contributed by atoms with van der Waals surface area (Å²) in [6.45, 7) is 0.425. The summed E-state index contributed by atoms with van der Waals surface area (Å²) in [5.74, 6) is -0.717. The van der Waals surface area contributed by atoms with Gasteiger partial charge < -0.3 is 11.1 Å². The van der Waals surface area contributed by atoms with Gasteiger partial charge in [-0.2, -0.15) is 0 Å². The van der Waals surface area contributed by atoms with Crippen LogP contribution in [0.25, 0.3) is 0 Å². The van der Waals surface area contributed by atoms with Gasteiger partial charge in [-0.1, -0.05) is 0 Å². The Labute approximate surface area is 122 Å². The monoisotopic (exact) mass is 367 g/mol. The van der Waals surface area contributed by atoms with E-state index < -0.39 is 11.6 Å². The second kappa shape index (κ2) is 6.86. The van der Waals surface area contributed by atoms with Gasteiger partial charge in [0.1, 0.15) is 11.6 Å². The van der Waals surface area contributed by atoms with Crippen LogP contribution in [0.15, 0.2) is 23.2 Å². The Kier molecular flexibility index (Phi) is 5.77. The Hall–Kier alpha value is -0.920. The fourth-order valence-electron chi connectivity index (χ4n) is 1.54. The van der Waals surface area contributed by atoms with Crippen LogP contribution < -0.4 is 11.1 Å². The number of benzene rings is 1. The molecule has 0 bridgehead atoms. The number of nitrogens with one attached hydrogen (secondary N) is 1. The molecule has 0 aromatic heterocycles. The maximum absolute atomic E-state index is 12.9.